The Morgan fingerprint density at radius 3 is 2.61 bits per heavy atom. The molecule has 3 nitrogen and oxygen atoms in total. The normalized spacial score (nSPS) is 19.4. The van der Waals surface area contributed by atoms with E-state index in [2.05, 4.69) is 6.92 Å². The number of rotatable bonds is 3. The maximum Gasteiger partial charge on any atom is 0.200 e. The van der Waals surface area contributed by atoms with Crippen molar-refractivity contribution in [2.75, 3.05) is 0 Å². The number of phenols is 1. The van der Waals surface area contributed by atoms with Crippen LogP contribution in [0.15, 0.2) is 51.9 Å². The Balaban J connectivity index is 0.00000225. The van der Waals surface area contributed by atoms with Gasteiger partial charge < -0.3 is 9.52 Å². The Hall–Kier alpha value is -2.26. The van der Waals surface area contributed by atoms with Crippen LogP contribution in [-0.2, 0) is 6.42 Å². The molecule has 2 atom stereocenters. The second-order valence-corrected chi connectivity index (χ2v) is 8.03. The average molecular weight is 399 g/mol. The fourth-order valence-corrected chi connectivity index (χ4v) is 4.51. The lowest BCUT2D eigenvalue weighted by molar-refractivity contribution is 0.253. The summed E-state index contributed by atoms with van der Waals surface area (Å²) < 4.78 is 5.90. The maximum atomic E-state index is 13.1. The van der Waals surface area contributed by atoms with E-state index < -0.39 is 0 Å². The number of phenolic OH excluding ortho intramolecular Hbond substituents is 1. The first-order valence-electron chi connectivity index (χ1n) is 9.57. The SMILES string of the molecule is C.CC1CCCCC1Cc1c(O)ccc2c(=O)c(-c3ccccc3Cl)coc12. The first kappa shape index (κ1) is 20.5. The molecule has 4 rings (SSSR count). The van der Waals surface area contributed by atoms with E-state index in [-0.39, 0.29) is 18.6 Å². The highest BCUT2D eigenvalue weighted by atomic mass is 35.5. The van der Waals surface area contributed by atoms with Crippen LogP contribution in [0.5, 0.6) is 5.75 Å². The molecule has 1 fully saturated rings. The molecule has 0 aliphatic heterocycles. The monoisotopic (exact) mass is 398 g/mol. The van der Waals surface area contributed by atoms with Gasteiger partial charge in [-0.1, -0.05) is 63.4 Å². The predicted octanol–water partition coefficient (Wildman–Crippen LogP) is 6.82. The van der Waals surface area contributed by atoms with Gasteiger partial charge in [0.15, 0.2) is 0 Å². The number of fused-ring (bicyclic) bond motifs is 1. The molecule has 0 amide bonds. The molecule has 1 N–H and O–H groups in total. The molecule has 0 saturated heterocycles. The standard InChI is InChI=1S/C23H23ClO3.CH4/c1-14-6-2-3-7-15(14)12-18-21(25)11-10-17-22(26)19(13-27-23(17)18)16-8-4-5-9-20(16)24;/h4-5,8-11,13-15,25H,2-3,6-7,12H2,1H3;1H4. The van der Waals surface area contributed by atoms with Crippen LogP contribution in [0, 0.1) is 11.8 Å². The third kappa shape index (κ3) is 3.68. The second kappa shape index (κ2) is 8.40. The van der Waals surface area contributed by atoms with Crippen molar-refractivity contribution in [2.45, 2.75) is 46.5 Å². The van der Waals surface area contributed by atoms with Crippen molar-refractivity contribution in [3.05, 3.63) is 63.5 Å². The summed E-state index contributed by atoms with van der Waals surface area (Å²) in [6, 6.07) is 10.5. The highest BCUT2D eigenvalue weighted by Gasteiger charge is 2.25. The summed E-state index contributed by atoms with van der Waals surface area (Å²) in [7, 11) is 0. The van der Waals surface area contributed by atoms with Crippen LogP contribution < -0.4 is 5.43 Å². The molecular formula is C24H27ClO3. The Kier molecular flexibility index (Phi) is 6.14. The van der Waals surface area contributed by atoms with Crippen LogP contribution >= 0.6 is 11.6 Å². The molecule has 28 heavy (non-hydrogen) atoms. The number of benzene rings is 2. The number of hydrogen-bond donors (Lipinski definition) is 1. The average Bonchev–Trinajstić information content (AvgIpc) is 2.67. The third-order valence-corrected chi connectivity index (χ3v) is 6.27. The summed E-state index contributed by atoms with van der Waals surface area (Å²) in [5.74, 6) is 1.32. The molecule has 0 spiro atoms. The van der Waals surface area contributed by atoms with E-state index in [4.69, 9.17) is 16.0 Å². The largest absolute Gasteiger partial charge is 0.508 e. The van der Waals surface area contributed by atoms with E-state index in [9.17, 15) is 9.90 Å². The quantitative estimate of drug-likeness (QED) is 0.526. The van der Waals surface area contributed by atoms with Crippen LogP contribution in [0.2, 0.25) is 5.02 Å². The summed E-state index contributed by atoms with van der Waals surface area (Å²) in [4.78, 5) is 13.1. The van der Waals surface area contributed by atoms with Gasteiger partial charge in [-0.05, 0) is 42.9 Å². The molecular weight excluding hydrogens is 372 g/mol. The van der Waals surface area contributed by atoms with Gasteiger partial charge in [-0.2, -0.15) is 0 Å². The number of halogens is 1. The van der Waals surface area contributed by atoms with E-state index in [1.54, 1.807) is 18.2 Å². The molecule has 0 radical (unpaired) electrons. The van der Waals surface area contributed by atoms with Gasteiger partial charge in [0.2, 0.25) is 5.43 Å². The molecule has 1 heterocycles. The first-order chi connectivity index (χ1) is 13.1. The summed E-state index contributed by atoms with van der Waals surface area (Å²) in [6.07, 6.45) is 7.07. The number of aromatic hydroxyl groups is 1. The topological polar surface area (TPSA) is 50.4 Å². The highest BCUT2D eigenvalue weighted by Crippen LogP contribution is 2.37. The summed E-state index contributed by atoms with van der Waals surface area (Å²) >= 11 is 6.26. The smallest absolute Gasteiger partial charge is 0.200 e. The summed E-state index contributed by atoms with van der Waals surface area (Å²) in [5.41, 5.74) is 2.21. The van der Waals surface area contributed by atoms with Crippen molar-refractivity contribution in [3.8, 4) is 16.9 Å². The molecule has 2 unspecified atom stereocenters. The summed E-state index contributed by atoms with van der Waals surface area (Å²) in [6.45, 7) is 2.28. The maximum absolute atomic E-state index is 13.1. The second-order valence-electron chi connectivity index (χ2n) is 7.62. The van der Waals surface area contributed by atoms with Gasteiger partial charge >= 0.3 is 0 Å². The van der Waals surface area contributed by atoms with Gasteiger partial charge in [0, 0.05) is 16.1 Å². The first-order valence-corrected chi connectivity index (χ1v) is 9.95. The van der Waals surface area contributed by atoms with Crippen molar-refractivity contribution in [1.82, 2.24) is 0 Å². The van der Waals surface area contributed by atoms with Crippen LogP contribution in [0.4, 0.5) is 0 Å². The van der Waals surface area contributed by atoms with Crippen molar-refractivity contribution >= 4 is 22.6 Å². The lowest BCUT2D eigenvalue weighted by atomic mass is 9.77. The Morgan fingerprint density at radius 1 is 1.11 bits per heavy atom. The fourth-order valence-electron chi connectivity index (χ4n) is 4.27. The van der Waals surface area contributed by atoms with Crippen LogP contribution in [0.25, 0.3) is 22.1 Å². The zero-order valence-corrected chi connectivity index (χ0v) is 16.1. The molecule has 0 bridgehead atoms. The van der Waals surface area contributed by atoms with Crippen LogP contribution in [0.1, 0.15) is 45.6 Å². The Morgan fingerprint density at radius 2 is 1.86 bits per heavy atom. The molecule has 1 saturated carbocycles. The lowest BCUT2D eigenvalue weighted by Crippen LogP contribution is -2.19. The van der Waals surface area contributed by atoms with Crippen molar-refractivity contribution in [1.29, 1.82) is 0 Å². The molecule has 3 aromatic rings. The third-order valence-electron chi connectivity index (χ3n) is 5.94. The Labute approximate surface area is 171 Å². The van der Waals surface area contributed by atoms with E-state index >= 15 is 0 Å². The van der Waals surface area contributed by atoms with E-state index in [1.165, 1.54) is 25.5 Å². The van der Waals surface area contributed by atoms with E-state index in [1.807, 2.05) is 18.2 Å². The zero-order valence-electron chi connectivity index (χ0n) is 15.4. The molecule has 4 heteroatoms. The van der Waals surface area contributed by atoms with Gasteiger partial charge in [-0.3, -0.25) is 4.79 Å². The lowest BCUT2D eigenvalue weighted by Gasteiger charge is -2.29. The molecule has 1 aliphatic carbocycles. The van der Waals surface area contributed by atoms with Gasteiger partial charge in [0.05, 0.1) is 10.9 Å². The number of hydrogen-bond acceptors (Lipinski definition) is 3. The predicted molar refractivity (Wildman–Crippen MR) is 116 cm³/mol. The van der Waals surface area contributed by atoms with Crippen LogP contribution in [-0.4, -0.2) is 5.11 Å². The van der Waals surface area contributed by atoms with Crippen molar-refractivity contribution in [2.24, 2.45) is 11.8 Å². The summed E-state index contributed by atoms with van der Waals surface area (Å²) in [5, 5.41) is 11.5. The van der Waals surface area contributed by atoms with Gasteiger partial charge in [-0.25, -0.2) is 0 Å². The molecule has 2 aromatic carbocycles. The van der Waals surface area contributed by atoms with Crippen LogP contribution in [0.3, 0.4) is 0 Å². The van der Waals surface area contributed by atoms with Gasteiger partial charge in [-0.15, -0.1) is 0 Å². The highest BCUT2D eigenvalue weighted by molar-refractivity contribution is 6.33. The molecule has 1 aromatic heterocycles. The molecule has 148 valence electrons. The fraction of sp³-hybridized carbons (Fsp3) is 0.375. The van der Waals surface area contributed by atoms with Gasteiger partial charge in [0.1, 0.15) is 17.6 Å². The Bertz CT molecular complexity index is 1040. The molecule has 1 aliphatic rings. The minimum absolute atomic E-state index is 0. The van der Waals surface area contributed by atoms with Gasteiger partial charge in [0.25, 0.3) is 0 Å². The minimum atomic E-state index is -0.123. The minimum Gasteiger partial charge on any atom is -0.508 e. The van der Waals surface area contributed by atoms with E-state index in [0.29, 0.717) is 39.0 Å². The van der Waals surface area contributed by atoms with Crippen molar-refractivity contribution in [3.63, 3.8) is 0 Å². The van der Waals surface area contributed by atoms with E-state index in [0.717, 1.165) is 18.4 Å². The zero-order chi connectivity index (χ0) is 19.0. The van der Waals surface area contributed by atoms with Crippen molar-refractivity contribution < 1.29 is 9.52 Å².